The molecule has 0 bridgehead atoms. The van der Waals surface area contributed by atoms with E-state index in [-0.39, 0.29) is 12.1 Å². The zero-order valence-electron chi connectivity index (χ0n) is 16.8. The molecule has 2 aromatic heterocycles. The van der Waals surface area contributed by atoms with Crippen LogP contribution in [0.25, 0.3) is 11.0 Å². The van der Waals surface area contributed by atoms with Crippen LogP contribution >= 0.6 is 0 Å². The van der Waals surface area contributed by atoms with Gasteiger partial charge < -0.3 is 20.2 Å². The lowest BCUT2D eigenvalue weighted by atomic mass is 10.0. The molecule has 0 unspecified atom stereocenters. The molecule has 2 aromatic rings. The zero-order valence-corrected chi connectivity index (χ0v) is 16.8. The number of hydrogen-bond acceptors (Lipinski definition) is 7. The fourth-order valence-electron chi connectivity index (χ4n) is 3.33. The van der Waals surface area contributed by atoms with Gasteiger partial charge in [-0.3, -0.25) is 0 Å². The molecule has 1 aliphatic heterocycles. The molecular formula is C19H28N6O3. The van der Waals surface area contributed by atoms with Crippen molar-refractivity contribution in [2.75, 3.05) is 18.4 Å². The topological polar surface area (TPSA) is 105 Å². The number of carbonyl (C=O) groups excluding carboxylic acids is 1. The Balaban J connectivity index is 1.74. The summed E-state index contributed by atoms with van der Waals surface area (Å²) in [5, 5.41) is 21.0. The van der Waals surface area contributed by atoms with Gasteiger partial charge in [-0.2, -0.15) is 5.10 Å². The van der Waals surface area contributed by atoms with E-state index >= 15 is 0 Å². The summed E-state index contributed by atoms with van der Waals surface area (Å²) in [6.07, 6.45) is 6.14. The van der Waals surface area contributed by atoms with Crippen molar-refractivity contribution in [2.24, 2.45) is 5.16 Å². The van der Waals surface area contributed by atoms with E-state index in [1.807, 2.05) is 32.4 Å². The van der Waals surface area contributed by atoms with Gasteiger partial charge in [-0.05, 0) is 40.5 Å². The summed E-state index contributed by atoms with van der Waals surface area (Å²) in [6, 6.07) is 0.181. The van der Waals surface area contributed by atoms with Crippen LogP contribution in [0, 0.1) is 0 Å². The van der Waals surface area contributed by atoms with Crippen LogP contribution in [-0.2, 0) is 11.3 Å². The van der Waals surface area contributed by atoms with Gasteiger partial charge in [0.15, 0.2) is 5.65 Å². The molecule has 9 heteroatoms. The molecule has 3 heterocycles. The highest BCUT2D eigenvalue weighted by Crippen LogP contribution is 2.28. The first kappa shape index (κ1) is 19.9. The van der Waals surface area contributed by atoms with E-state index in [0.29, 0.717) is 18.7 Å². The maximum absolute atomic E-state index is 12.2. The SMILES string of the molecule is CCn1ncc2c(NC3CCN(C(=O)OC(C)(C)C)CC3)c(/C=N/O)cnc21. The number of likely N-dealkylation sites (tertiary alicyclic amines) is 1. The number of carbonyl (C=O) groups is 1. The zero-order chi connectivity index (χ0) is 20.3. The van der Waals surface area contributed by atoms with Crippen LogP contribution in [0.15, 0.2) is 17.5 Å². The Morgan fingerprint density at radius 3 is 2.71 bits per heavy atom. The average Bonchev–Trinajstić information content (AvgIpc) is 3.06. The van der Waals surface area contributed by atoms with Crippen molar-refractivity contribution in [1.82, 2.24) is 19.7 Å². The van der Waals surface area contributed by atoms with Crippen LogP contribution in [0.5, 0.6) is 0 Å². The van der Waals surface area contributed by atoms with Crippen LogP contribution < -0.4 is 5.32 Å². The highest BCUT2D eigenvalue weighted by Gasteiger charge is 2.27. The second kappa shape index (κ2) is 8.04. The third-order valence-corrected chi connectivity index (χ3v) is 4.69. The molecule has 0 spiro atoms. The van der Waals surface area contributed by atoms with Crippen LogP contribution in [-0.4, -0.2) is 61.9 Å². The normalized spacial score (nSPS) is 16.1. The molecular weight excluding hydrogens is 360 g/mol. The minimum absolute atomic E-state index is 0.181. The third-order valence-electron chi connectivity index (χ3n) is 4.69. The number of aromatic nitrogens is 3. The number of piperidine rings is 1. The van der Waals surface area contributed by atoms with Crippen molar-refractivity contribution < 1.29 is 14.7 Å². The summed E-state index contributed by atoms with van der Waals surface area (Å²) >= 11 is 0. The Kier molecular flexibility index (Phi) is 5.71. The Hall–Kier alpha value is -2.84. The lowest BCUT2D eigenvalue weighted by molar-refractivity contribution is 0.0210. The molecule has 28 heavy (non-hydrogen) atoms. The molecule has 0 radical (unpaired) electrons. The Morgan fingerprint density at radius 2 is 2.11 bits per heavy atom. The van der Waals surface area contributed by atoms with Gasteiger partial charge in [0.05, 0.1) is 23.5 Å². The molecule has 9 nitrogen and oxygen atoms in total. The largest absolute Gasteiger partial charge is 0.444 e. The molecule has 0 aliphatic carbocycles. The Morgan fingerprint density at radius 1 is 1.39 bits per heavy atom. The van der Waals surface area contributed by atoms with Gasteiger partial charge in [-0.15, -0.1) is 0 Å². The van der Waals surface area contributed by atoms with Gasteiger partial charge >= 0.3 is 6.09 Å². The number of aryl methyl sites for hydroxylation is 1. The molecule has 1 amide bonds. The quantitative estimate of drug-likeness (QED) is 0.474. The molecule has 1 fully saturated rings. The van der Waals surface area contributed by atoms with Crippen molar-refractivity contribution in [3.05, 3.63) is 18.0 Å². The number of ether oxygens (including phenoxy) is 1. The number of amides is 1. The van der Waals surface area contributed by atoms with E-state index in [0.717, 1.165) is 36.1 Å². The predicted octanol–water partition coefficient (Wildman–Crippen LogP) is 3.07. The second-order valence-electron chi connectivity index (χ2n) is 7.92. The van der Waals surface area contributed by atoms with Gasteiger partial charge in [0.25, 0.3) is 0 Å². The lowest BCUT2D eigenvalue weighted by Gasteiger charge is -2.34. The van der Waals surface area contributed by atoms with Gasteiger partial charge in [0.1, 0.15) is 5.60 Å². The molecule has 152 valence electrons. The van der Waals surface area contributed by atoms with Crippen LogP contribution in [0.1, 0.15) is 46.1 Å². The maximum Gasteiger partial charge on any atom is 0.410 e. The van der Waals surface area contributed by atoms with E-state index in [4.69, 9.17) is 9.94 Å². The second-order valence-corrected chi connectivity index (χ2v) is 7.92. The number of oxime groups is 1. The number of pyridine rings is 1. The summed E-state index contributed by atoms with van der Waals surface area (Å²) in [7, 11) is 0. The molecule has 0 saturated carbocycles. The minimum atomic E-state index is -0.493. The van der Waals surface area contributed by atoms with Gasteiger partial charge in [-0.25, -0.2) is 14.5 Å². The van der Waals surface area contributed by atoms with Crippen molar-refractivity contribution in [1.29, 1.82) is 0 Å². The number of nitrogens with zero attached hydrogens (tertiary/aromatic N) is 5. The van der Waals surface area contributed by atoms with E-state index in [2.05, 4.69) is 20.6 Å². The Bertz CT molecular complexity index is 862. The molecule has 1 aliphatic rings. The number of anilines is 1. The van der Waals surface area contributed by atoms with E-state index in [1.165, 1.54) is 6.21 Å². The molecule has 1 saturated heterocycles. The maximum atomic E-state index is 12.2. The summed E-state index contributed by atoms with van der Waals surface area (Å²) in [4.78, 5) is 18.4. The average molecular weight is 388 g/mol. The Labute approximate surface area is 164 Å². The van der Waals surface area contributed by atoms with Crippen LogP contribution in [0.3, 0.4) is 0 Å². The highest BCUT2D eigenvalue weighted by atomic mass is 16.6. The number of rotatable bonds is 4. The first-order valence-corrected chi connectivity index (χ1v) is 9.58. The smallest absolute Gasteiger partial charge is 0.410 e. The highest BCUT2D eigenvalue weighted by molar-refractivity contribution is 6.00. The van der Waals surface area contributed by atoms with Crippen molar-refractivity contribution in [3.8, 4) is 0 Å². The van der Waals surface area contributed by atoms with E-state index < -0.39 is 5.60 Å². The first-order valence-electron chi connectivity index (χ1n) is 9.58. The number of nitrogens with one attached hydrogen (secondary N) is 1. The lowest BCUT2D eigenvalue weighted by Crippen LogP contribution is -2.44. The third kappa shape index (κ3) is 4.35. The standard InChI is InChI=1S/C19H28N6O3/c1-5-25-17-15(12-21-25)16(13(10-20-17)11-22-27)23-14-6-8-24(9-7-14)18(26)28-19(2,3)4/h10-12,14,27H,5-9H2,1-4H3,(H,20,23)/b22-11+. The van der Waals surface area contributed by atoms with Crippen LogP contribution in [0.4, 0.5) is 10.5 Å². The number of fused-ring (bicyclic) bond motifs is 1. The minimum Gasteiger partial charge on any atom is -0.444 e. The van der Waals surface area contributed by atoms with Crippen molar-refractivity contribution in [2.45, 2.75) is 58.7 Å². The summed E-state index contributed by atoms with van der Waals surface area (Å²) in [5.74, 6) is 0. The van der Waals surface area contributed by atoms with Gasteiger partial charge in [-0.1, -0.05) is 5.16 Å². The molecule has 3 rings (SSSR count). The fraction of sp³-hybridized carbons (Fsp3) is 0.579. The van der Waals surface area contributed by atoms with E-state index in [9.17, 15) is 4.79 Å². The van der Waals surface area contributed by atoms with Gasteiger partial charge in [0.2, 0.25) is 0 Å². The van der Waals surface area contributed by atoms with Crippen LogP contribution in [0.2, 0.25) is 0 Å². The summed E-state index contributed by atoms with van der Waals surface area (Å²) < 4.78 is 7.28. The molecule has 2 N–H and O–H groups in total. The fourth-order valence-corrected chi connectivity index (χ4v) is 3.33. The molecule has 0 aromatic carbocycles. The monoisotopic (exact) mass is 388 g/mol. The van der Waals surface area contributed by atoms with E-state index in [1.54, 1.807) is 17.3 Å². The summed E-state index contributed by atoms with van der Waals surface area (Å²) in [6.45, 7) is 9.59. The number of hydrogen-bond donors (Lipinski definition) is 2. The van der Waals surface area contributed by atoms with Gasteiger partial charge in [0, 0.05) is 37.4 Å². The van der Waals surface area contributed by atoms with Crippen molar-refractivity contribution >= 4 is 29.0 Å². The first-order chi connectivity index (χ1) is 13.3. The van der Waals surface area contributed by atoms with Crippen molar-refractivity contribution in [3.63, 3.8) is 0 Å². The molecule has 0 atom stereocenters. The summed E-state index contributed by atoms with van der Waals surface area (Å²) in [5.41, 5.74) is 1.83. The predicted molar refractivity (Wildman–Crippen MR) is 107 cm³/mol.